The molecule has 0 bridgehead atoms. The zero-order valence-electron chi connectivity index (χ0n) is 18.8. The summed E-state index contributed by atoms with van der Waals surface area (Å²) in [6, 6.07) is 12.0. The van der Waals surface area contributed by atoms with E-state index in [2.05, 4.69) is 4.98 Å². The van der Waals surface area contributed by atoms with Crippen LogP contribution in [-0.4, -0.2) is 43.5 Å². The third-order valence-electron chi connectivity index (χ3n) is 4.91. The number of aryl methyl sites for hydroxylation is 1. The maximum Gasteiger partial charge on any atom is 0.584 e. The van der Waals surface area contributed by atoms with Crippen LogP contribution in [0.25, 0.3) is 0 Å². The van der Waals surface area contributed by atoms with Crippen molar-refractivity contribution in [3.63, 3.8) is 0 Å². The quantitative estimate of drug-likeness (QED) is 0.332. The van der Waals surface area contributed by atoms with E-state index in [-0.39, 0.29) is 24.5 Å². The summed E-state index contributed by atoms with van der Waals surface area (Å²) in [4.78, 5) is 34.5. The smallest absolute Gasteiger partial charge is 0.395 e. The van der Waals surface area contributed by atoms with Gasteiger partial charge in [-0.1, -0.05) is 23.2 Å². The highest BCUT2D eigenvalue weighted by molar-refractivity contribution is 7.48. The minimum atomic E-state index is -4.25. The van der Waals surface area contributed by atoms with Crippen molar-refractivity contribution in [3.8, 4) is 11.5 Å². The Bertz CT molecular complexity index is 1280. The van der Waals surface area contributed by atoms with E-state index in [1.54, 1.807) is 31.2 Å². The van der Waals surface area contributed by atoms with E-state index in [0.29, 0.717) is 15.6 Å². The normalized spacial score (nSPS) is 19.3. The van der Waals surface area contributed by atoms with Gasteiger partial charge in [0, 0.05) is 28.2 Å². The zero-order chi connectivity index (χ0) is 26.5. The summed E-state index contributed by atoms with van der Waals surface area (Å²) in [6.45, 7) is 1.26. The van der Waals surface area contributed by atoms with E-state index in [1.807, 2.05) is 0 Å². The molecule has 36 heavy (non-hydrogen) atoms. The van der Waals surface area contributed by atoms with Crippen LogP contribution in [0.15, 0.2) is 64.3 Å². The number of aromatic nitrogens is 2. The summed E-state index contributed by atoms with van der Waals surface area (Å²) >= 11 is 11.4. The molecule has 1 aromatic heterocycles. The van der Waals surface area contributed by atoms with Gasteiger partial charge in [0.2, 0.25) is 0 Å². The highest BCUT2D eigenvalue weighted by Crippen LogP contribution is 2.44. The average molecular weight is 561 g/mol. The van der Waals surface area contributed by atoms with Crippen LogP contribution in [0.4, 0.5) is 0 Å². The molecule has 1 aliphatic rings. The predicted molar refractivity (Wildman–Crippen MR) is 132 cm³/mol. The molecule has 1 aliphatic heterocycles. The number of benzene rings is 2. The molecule has 1 fully saturated rings. The Balaban J connectivity index is 0.000000202. The summed E-state index contributed by atoms with van der Waals surface area (Å²) < 4.78 is 28.1. The van der Waals surface area contributed by atoms with Crippen LogP contribution in [0, 0.1) is 6.92 Å². The van der Waals surface area contributed by atoms with Crippen LogP contribution >= 0.6 is 31.0 Å². The van der Waals surface area contributed by atoms with Gasteiger partial charge in [0.05, 0.1) is 12.7 Å². The molecule has 4 rings (SSSR count). The number of ether oxygens (including phenoxy) is 1. The largest absolute Gasteiger partial charge is 0.584 e. The number of aromatic amines is 1. The summed E-state index contributed by atoms with van der Waals surface area (Å²) in [7, 11) is -4.25. The third-order valence-corrected chi connectivity index (χ3v) is 6.30. The molecule has 2 heterocycles. The molecular weight excluding hydrogens is 538 g/mol. The fraction of sp³-hybridized carbons (Fsp3) is 0.273. The van der Waals surface area contributed by atoms with E-state index >= 15 is 0 Å². The van der Waals surface area contributed by atoms with Gasteiger partial charge in [0.25, 0.3) is 5.56 Å². The van der Waals surface area contributed by atoms with E-state index in [1.165, 1.54) is 35.0 Å². The molecule has 1 saturated heterocycles. The fourth-order valence-electron chi connectivity index (χ4n) is 3.13. The number of aliphatic hydroxyl groups is 2. The standard InChI is InChI=1S/C12H9Cl2O4P.C10H14N2O5/c13-9-1-5-11(6-2-9)17-19(15,16)18-12-7-3-10(14)4-8-12;1-5-3-12(10(16)11-9(5)15)8-2-6(14)7(4-13)17-8/h1-8H,(H,15,16);3,6-8,13-14H,2,4H2,1H3,(H,11,15,16)/t;6-,7+,8+/m.0/s1. The number of aliphatic hydroxyl groups excluding tert-OH is 2. The molecule has 14 heteroatoms. The van der Waals surface area contributed by atoms with Gasteiger partial charge in [0.15, 0.2) is 0 Å². The summed E-state index contributed by atoms with van der Waals surface area (Å²) in [5, 5.41) is 19.5. The molecule has 0 saturated carbocycles. The topological polar surface area (TPSA) is 160 Å². The molecule has 0 aliphatic carbocycles. The SMILES string of the molecule is Cc1cn([C@H]2C[C@H](O)[C@@H](CO)O2)c(=O)[nH]c1=O.O=P(O)(Oc1ccc(Cl)cc1)Oc1ccc(Cl)cc1. The van der Waals surface area contributed by atoms with Crippen LogP contribution in [0.5, 0.6) is 11.5 Å². The molecule has 0 amide bonds. The highest BCUT2D eigenvalue weighted by atomic mass is 35.5. The number of rotatable bonds is 6. The minimum Gasteiger partial charge on any atom is -0.395 e. The maximum absolute atomic E-state index is 11.8. The summed E-state index contributed by atoms with van der Waals surface area (Å²) in [6.07, 6.45) is -0.581. The van der Waals surface area contributed by atoms with E-state index in [9.17, 15) is 24.2 Å². The zero-order valence-corrected chi connectivity index (χ0v) is 21.2. The van der Waals surface area contributed by atoms with E-state index in [0.717, 1.165) is 0 Å². The van der Waals surface area contributed by atoms with Crippen molar-refractivity contribution in [2.75, 3.05) is 6.61 Å². The molecule has 3 atom stereocenters. The van der Waals surface area contributed by atoms with Gasteiger partial charge in [-0.2, -0.15) is 0 Å². The average Bonchev–Trinajstić information content (AvgIpc) is 3.20. The number of phosphoric acid groups is 1. The highest BCUT2D eigenvalue weighted by Gasteiger charge is 2.35. The number of hydrogen-bond acceptors (Lipinski definition) is 8. The predicted octanol–water partition coefficient (Wildman–Crippen LogP) is 3.04. The lowest BCUT2D eigenvalue weighted by molar-refractivity contribution is -0.0459. The lowest BCUT2D eigenvalue weighted by atomic mass is 10.2. The lowest BCUT2D eigenvalue weighted by Gasteiger charge is -2.14. The van der Waals surface area contributed by atoms with Crippen LogP contribution in [0.2, 0.25) is 10.0 Å². The van der Waals surface area contributed by atoms with Crippen molar-refractivity contribution in [3.05, 3.63) is 91.2 Å². The number of H-pyrrole nitrogens is 1. The number of hydrogen-bond donors (Lipinski definition) is 4. The van der Waals surface area contributed by atoms with Crippen molar-refractivity contribution in [1.82, 2.24) is 9.55 Å². The minimum absolute atomic E-state index is 0.184. The van der Waals surface area contributed by atoms with Crippen molar-refractivity contribution in [2.45, 2.75) is 31.8 Å². The molecule has 0 spiro atoms. The maximum atomic E-state index is 11.8. The molecule has 2 aromatic carbocycles. The first-order valence-electron chi connectivity index (χ1n) is 10.5. The first kappa shape index (κ1) is 27.9. The van der Waals surface area contributed by atoms with Gasteiger partial charge >= 0.3 is 13.5 Å². The summed E-state index contributed by atoms with van der Waals surface area (Å²) in [5.41, 5.74) is -0.643. The molecule has 0 radical (unpaired) electrons. The van der Waals surface area contributed by atoms with Crippen LogP contribution < -0.4 is 20.3 Å². The van der Waals surface area contributed by atoms with Crippen molar-refractivity contribution in [2.24, 2.45) is 0 Å². The lowest BCUT2D eigenvalue weighted by Crippen LogP contribution is -2.33. The van der Waals surface area contributed by atoms with Gasteiger partial charge in [-0.3, -0.25) is 19.2 Å². The monoisotopic (exact) mass is 560 g/mol. The van der Waals surface area contributed by atoms with Crippen LogP contribution in [-0.2, 0) is 9.30 Å². The number of phosphoric ester groups is 1. The Morgan fingerprint density at radius 3 is 2.00 bits per heavy atom. The van der Waals surface area contributed by atoms with Crippen LogP contribution in [0.1, 0.15) is 18.2 Å². The van der Waals surface area contributed by atoms with Gasteiger partial charge < -0.3 is 24.0 Å². The van der Waals surface area contributed by atoms with E-state index < -0.39 is 37.5 Å². The first-order chi connectivity index (χ1) is 17.0. The fourth-order valence-corrected chi connectivity index (χ4v) is 4.19. The van der Waals surface area contributed by atoms with E-state index in [4.69, 9.17) is 42.1 Å². The van der Waals surface area contributed by atoms with Gasteiger partial charge in [0.1, 0.15) is 23.8 Å². The molecule has 11 nitrogen and oxygen atoms in total. The molecule has 4 N–H and O–H groups in total. The molecule has 0 unspecified atom stereocenters. The van der Waals surface area contributed by atoms with Gasteiger partial charge in [-0.25, -0.2) is 9.36 Å². The van der Waals surface area contributed by atoms with Gasteiger partial charge in [-0.15, -0.1) is 0 Å². The second kappa shape index (κ2) is 12.1. The third kappa shape index (κ3) is 7.68. The molecular formula is C22H23Cl2N2O9P. The van der Waals surface area contributed by atoms with Crippen molar-refractivity contribution >= 4 is 31.0 Å². The second-order valence-electron chi connectivity index (χ2n) is 7.65. The Labute approximate surface area is 215 Å². The Kier molecular flexibility index (Phi) is 9.37. The molecule has 3 aromatic rings. The molecule has 194 valence electrons. The first-order valence-corrected chi connectivity index (χ1v) is 12.7. The van der Waals surface area contributed by atoms with Crippen molar-refractivity contribution < 1.29 is 33.5 Å². The Morgan fingerprint density at radius 1 is 1.06 bits per heavy atom. The number of nitrogens with zero attached hydrogens (tertiary/aromatic N) is 1. The summed E-state index contributed by atoms with van der Waals surface area (Å²) in [5.74, 6) is 0.369. The van der Waals surface area contributed by atoms with Crippen LogP contribution in [0.3, 0.4) is 0 Å². The Hall–Kier alpha value is -2.63. The van der Waals surface area contributed by atoms with Gasteiger partial charge in [-0.05, 0) is 55.5 Å². The number of halogens is 2. The Morgan fingerprint density at radius 2 is 1.56 bits per heavy atom. The second-order valence-corrected chi connectivity index (χ2v) is 9.83. The van der Waals surface area contributed by atoms with Crippen molar-refractivity contribution in [1.29, 1.82) is 0 Å². The number of nitrogens with one attached hydrogen (secondary N) is 1.